The molecule has 0 spiro atoms. The SMILES string of the molecule is CCCC1NC(=O)C(CC)N(CC)C1=O. The fourth-order valence-electron chi connectivity index (χ4n) is 2.09. The third-order valence-electron chi connectivity index (χ3n) is 2.88. The molecule has 1 fully saturated rings. The molecule has 1 saturated heterocycles. The summed E-state index contributed by atoms with van der Waals surface area (Å²) < 4.78 is 0. The second-order valence-electron chi connectivity index (χ2n) is 3.90. The summed E-state index contributed by atoms with van der Waals surface area (Å²) in [5.74, 6) is 0.0724. The summed E-state index contributed by atoms with van der Waals surface area (Å²) in [4.78, 5) is 25.4. The van der Waals surface area contributed by atoms with Gasteiger partial charge in [0.15, 0.2) is 0 Å². The highest BCUT2D eigenvalue weighted by molar-refractivity contribution is 5.96. The van der Waals surface area contributed by atoms with Crippen LogP contribution in [0.2, 0.25) is 0 Å². The predicted molar refractivity (Wildman–Crippen MR) is 58.3 cm³/mol. The van der Waals surface area contributed by atoms with E-state index in [2.05, 4.69) is 5.32 Å². The normalized spacial score (nSPS) is 26.7. The molecule has 0 radical (unpaired) electrons. The van der Waals surface area contributed by atoms with Gasteiger partial charge in [-0.15, -0.1) is 0 Å². The van der Waals surface area contributed by atoms with E-state index in [9.17, 15) is 9.59 Å². The first-order chi connectivity index (χ1) is 7.15. The summed E-state index contributed by atoms with van der Waals surface area (Å²) in [6.45, 7) is 6.48. The molecular weight excluding hydrogens is 192 g/mol. The number of carbonyl (C=O) groups excluding carboxylic acids is 2. The number of piperazine rings is 1. The second-order valence-corrected chi connectivity index (χ2v) is 3.90. The smallest absolute Gasteiger partial charge is 0.245 e. The molecule has 1 aliphatic rings. The minimum Gasteiger partial charge on any atom is -0.343 e. The van der Waals surface area contributed by atoms with Crippen molar-refractivity contribution in [2.24, 2.45) is 0 Å². The fourth-order valence-corrected chi connectivity index (χ4v) is 2.09. The number of rotatable bonds is 4. The molecule has 2 atom stereocenters. The van der Waals surface area contributed by atoms with E-state index in [1.165, 1.54) is 0 Å². The molecule has 4 heteroatoms. The summed E-state index contributed by atoms with van der Waals surface area (Å²) in [5, 5.41) is 2.80. The Kier molecular flexibility index (Phi) is 4.12. The lowest BCUT2D eigenvalue weighted by atomic mass is 10.0. The zero-order valence-electron chi connectivity index (χ0n) is 9.75. The molecule has 2 unspecified atom stereocenters. The van der Waals surface area contributed by atoms with Crippen molar-refractivity contribution in [1.82, 2.24) is 10.2 Å². The number of amides is 2. The summed E-state index contributed by atoms with van der Waals surface area (Å²) in [6, 6.07) is -0.569. The first-order valence-corrected chi connectivity index (χ1v) is 5.76. The lowest BCUT2D eigenvalue weighted by Gasteiger charge is -2.38. The number of hydrogen-bond acceptors (Lipinski definition) is 2. The summed E-state index contributed by atoms with van der Waals surface area (Å²) >= 11 is 0. The van der Waals surface area contributed by atoms with Gasteiger partial charge in [-0.05, 0) is 19.8 Å². The Morgan fingerprint density at radius 1 is 1.27 bits per heavy atom. The molecule has 1 N–H and O–H groups in total. The molecule has 2 amide bonds. The molecule has 1 rings (SSSR count). The van der Waals surface area contributed by atoms with Gasteiger partial charge in [-0.25, -0.2) is 0 Å². The average Bonchev–Trinajstić information content (AvgIpc) is 2.22. The molecule has 0 aromatic heterocycles. The molecule has 4 nitrogen and oxygen atoms in total. The highest BCUT2D eigenvalue weighted by Crippen LogP contribution is 2.15. The van der Waals surface area contributed by atoms with Crippen LogP contribution in [0.1, 0.15) is 40.0 Å². The van der Waals surface area contributed by atoms with Crippen LogP contribution in [0.4, 0.5) is 0 Å². The van der Waals surface area contributed by atoms with E-state index in [0.717, 1.165) is 12.8 Å². The summed E-state index contributed by atoms with van der Waals surface area (Å²) in [5.41, 5.74) is 0. The Morgan fingerprint density at radius 2 is 1.93 bits per heavy atom. The topological polar surface area (TPSA) is 49.4 Å². The molecule has 0 aliphatic carbocycles. The molecule has 1 aliphatic heterocycles. The van der Waals surface area contributed by atoms with Gasteiger partial charge in [0.2, 0.25) is 11.8 Å². The van der Waals surface area contributed by atoms with Crippen LogP contribution in [-0.4, -0.2) is 35.3 Å². The Bertz CT molecular complexity index is 253. The Balaban J connectivity index is 2.80. The van der Waals surface area contributed by atoms with Crippen LogP contribution in [0.5, 0.6) is 0 Å². The second kappa shape index (κ2) is 5.14. The first kappa shape index (κ1) is 12.0. The van der Waals surface area contributed by atoms with E-state index >= 15 is 0 Å². The third kappa shape index (κ3) is 2.30. The minimum absolute atomic E-state index is 0.00241. The molecule has 15 heavy (non-hydrogen) atoms. The van der Waals surface area contributed by atoms with Crippen molar-refractivity contribution in [1.29, 1.82) is 0 Å². The van der Waals surface area contributed by atoms with E-state index in [4.69, 9.17) is 0 Å². The number of nitrogens with one attached hydrogen (secondary N) is 1. The lowest BCUT2D eigenvalue weighted by molar-refractivity contribution is -0.149. The highest BCUT2D eigenvalue weighted by Gasteiger charge is 2.37. The van der Waals surface area contributed by atoms with Gasteiger partial charge in [0.1, 0.15) is 12.1 Å². The maximum Gasteiger partial charge on any atom is 0.245 e. The average molecular weight is 212 g/mol. The van der Waals surface area contributed by atoms with Crippen LogP contribution in [-0.2, 0) is 9.59 Å². The van der Waals surface area contributed by atoms with Crippen LogP contribution < -0.4 is 5.32 Å². The van der Waals surface area contributed by atoms with Gasteiger partial charge in [0.05, 0.1) is 0 Å². The van der Waals surface area contributed by atoms with Gasteiger partial charge in [-0.2, -0.15) is 0 Å². The van der Waals surface area contributed by atoms with Gasteiger partial charge in [-0.1, -0.05) is 20.3 Å². The maximum absolute atomic E-state index is 12.0. The molecule has 0 bridgehead atoms. The minimum atomic E-state index is -0.301. The monoisotopic (exact) mass is 212 g/mol. The fraction of sp³-hybridized carbons (Fsp3) is 0.818. The van der Waals surface area contributed by atoms with Crippen LogP contribution in [0.3, 0.4) is 0 Å². The summed E-state index contributed by atoms with van der Waals surface area (Å²) in [6.07, 6.45) is 2.33. The van der Waals surface area contributed by atoms with Crippen molar-refractivity contribution in [3.05, 3.63) is 0 Å². The van der Waals surface area contributed by atoms with Gasteiger partial charge in [0, 0.05) is 6.54 Å². The van der Waals surface area contributed by atoms with Crippen molar-refractivity contribution in [3.63, 3.8) is 0 Å². The van der Waals surface area contributed by atoms with Gasteiger partial charge >= 0.3 is 0 Å². The molecule has 0 aromatic carbocycles. The van der Waals surface area contributed by atoms with Crippen LogP contribution in [0.15, 0.2) is 0 Å². The van der Waals surface area contributed by atoms with E-state index in [1.807, 2.05) is 20.8 Å². The maximum atomic E-state index is 12.0. The number of nitrogens with zero attached hydrogens (tertiary/aromatic N) is 1. The zero-order chi connectivity index (χ0) is 11.4. The highest BCUT2D eigenvalue weighted by atomic mass is 16.2. The number of likely N-dealkylation sites (N-methyl/N-ethyl adjacent to an activating group) is 1. The number of carbonyl (C=O) groups is 2. The van der Waals surface area contributed by atoms with Crippen LogP contribution in [0.25, 0.3) is 0 Å². The van der Waals surface area contributed by atoms with E-state index in [-0.39, 0.29) is 23.9 Å². The molecule has 1 heterocycles. The van der Waals surface area contributed by atoms with Gasteiger partial charge in [0.25, 0.3) is 0 Å². The quantitative estimate of drug-likeness (QED) is 0.753. The van der Waals surface area contributed by atoms with Crippen molar-refractivity contribution in [2.45, 2.75) is 52.1 Å². The van der Waals surface area contributed by atoms with E-state index < -0.39 is 0 Å². The largest absolute Gasteiger partial charge is 0.343 e. The van der Waals surface area contributed by atoms with Crippen LogP contribution in [0, 0.1) is 0 Å². The summed E-state index contributed by atoms with van der Waals surface area (Å²) in [7, 11) is 0. The van der Waals surface area contributed by atoms with Crippen molar-refractivity contribution in [2.75, 3.05) is 6.54 Å². The van der Waals surface area contributed by atoms with Crippen molar-refractivity contribution >= 4 is 11.8 Å². The Morgan fingerprint density at radius 3 is 2.40 bits per heavy atom. The third-order valence-corrected chi connectivity index (χ3v) is 2.88. The number of hydrogen-bond donors (Lipinski definition) is 1. The standard InChI is InChI=1S/C11H20N2O2/c1-4-7-8-11(15)13(6-3)9(5-2)10(14)12-8/h8-9H,4-7H2,1-3H3,(H,12,14). The van der Waals surface area contributed by atoms with Gasteiger partial charge in [-0.3, -0.25) is 9.59 Å². The molecular formula is C11H20N2O2. The lowest BCUT2D eigenvalue weighted by Crippen LogP contribution is -2.62. The van der Waals surface area contributed by atoms with E-state index in [1.54, 1.807) is 4.90 Å². The van der Waals surface area contributed by atoms with E-state index in [0.29, 0.717) is 13.0 Å². The predicted octanol–water partition coefficient (Wildman–Crippen LogP) is 0.912. The Hall–Kier alpha value is -1.06. The van der Waals surface area contributed by atoms with Crippen LogP contribution >= 0.6 is 0 Å². The Labute approximate surface area is 91.0 Å². The first-order valence-electron chi connectivity index (χ1n) is 5.76. The van der Waals surface area contributed by atoms with Gasteiger partial charge < -0.3 is 10.2 Å². The van der Waals surface area contributed by atoms with Crippen molar-refractivity contribution < 1.29 is 9.59 Å². The molecule has 0 saturated carbocycles. The van der Waals surface area contributed by atoms with Crippen molar-refractivity contribution in [3.8, 4) is 0 Å². The zero-order valence-corrected chi connectivity index (χ0v) is 9.75. The molecule has 0 aromatic rings. The molecule has 86 valence electrons.